The molecule has 3 amide bonds. The van der Waals surface area contributed by atoms with E-state index >= 15 is 0 Å². The number of rotatable bonds is 3. The van der Waals surface area contributed by atoms with Gasteiger partial charge in [0.2, 0.25) is 0 Å². The zero-order valence-electron chi connectivity index (χ0n) is 18.6. The number of benzene rings is 1. The predicted octanol–water partition coefficient (Wildman–Crippen LogP) is 2.41. The van der Waals surface area contributed by atoms with Crippen LogP contribution in [0.2, 0.25) is 0 Å². The van der Waals surface area contributed by atoms with Crippen LogP contribution >= 0.6 is 0 Å². The van der Waals surface area contributed by atoms with Crippen molar-refractivity contribution in [3.8, 4) is 0 Å². The average Bonchev–Trinajstić information content (AvgIpc) is 3.51. The van der Waals surface area contributed by atoms with Crippen molar-refractivity contribution in [2.24, 2.45) is 0 Å². The van der Waals surface area contributed by atoms with E-state index in [1.165, 1.54) is 5.56 Å². The summed E-state index contributed by atoms with van der Waals surface area (Å²) >= 11 is 0. The lowest BCUT2D eigenvalue weighted by Gasteiger charge is -2.45. The molecule has 1 N–H and O–H groups in total. The van der Waals surface area contributed by atoms with Crippen LogP contribution in [0.1, 0.15) is 42.6 Å². The Morgan fingerprint density at radius 3 is 2.62 bits per heavy atom. The molecule has 0 radical (unpaired) electrons. The van der Waals surface area contributed by atoms with Gasteiger partial charge in [-0.15, -0.1) is 0 Å². The summed E-state index contributed by atoms with van der Waals surface area (Å²) in [6.45, 7) is 5.84. The number of aryl methyl sites for hydroxylation is 1. The van der Waals surface area contributed by atoms with E-state index in [9.17, 15) is 9.59 Å². The Morgan fingerprint density at radius 1 is 1.12 bits per heavy atom. The Kier molecular flexibility index (Phi) is 5.63. The number of aromatic nitrogens is 2. The highest BCUT2D eigenvalue weighted by molar-refractivity contribution is 5.81. The molecule has 32 heavy (non-hydrogen) atoms. The molecule has 0 aliphatic carbocycles. The summed E-state index contributed by atoms with van der Waals surface area (Å²) < 4.78 is 8.58. The summed E-state index contributed by atoms with van der Waals surface area (Å²) in [7, 11) is 0. The van der Waals surface area contributed by atoms with E-state index in [1.54, 1.807) is 6.20 Å². The number of fused-ring (bicyclic) bond motifs is 2. The van der Waals surface area contributed by atoms with Crippen molar-refractivity contribution in [1.82, 2.24) is 24.7 Å². The molecule has 170 valence electrons. The molecule has 0 bridgehead atoms. The molecule has 3 aliphatic rings. The third kappa shape index (κ3) is 3.88. The standard InChI is InChI=1S/C24H31N5O3/c1-18-6-2-3-7-19(18)16-26-23(31)28-13-8-24(9-14-28)22-25-10-15-29(22)17-20(32-24)21(30)27-11-4-5-12-27/h2-3,6-7,10,15,20H,4-5,8-9,11-14,16-17H2,1H3,(H,26,31). The van der Waals surface area contributed by atoms with Crippen molar-refractivity contribution in [2.75, 3.05) is 26.2 Å². The van der Waals surface area contributed by atoms with E-state index in [1.807, 2.05) is 34.2 Å². The zero-order valence-corrected chi connectivity index (χ0v) is 18.6. The van der Waals surface area contributed by atoms with E-state index in [4.69, 9.17) is 4.74 Å². The number of carbonyl (C=O) groups excluding carboxylic acids is 2. The number of likely N-dealkylation sites (tertiary alicyclic amines) is 2. The second kappa shape index (κ2) is 8.58. The SMILES string of the molecule is Cc1ccccc1CNC(=O)N1CCC2(CC1)OC(C(=O)N1CCCC1)Cn1ccnc12. The van der Waals surface area contributed by atoms with E-state index in [-0.39, 0.29) is 11.9 Å². The van der Waals surface area contributed by atoms with Crippen molar-refractivity contribution in [1.29, 1.82) is 0 Å². The smallest absolute Gasteiger partial charge is 0.317 e. The molecule has 1 aromatic heterocycles. The van der Waals surface area contributed by atoms with E-state index in [2.05, 4.69) is 27.9 Å². The molecule has 2 fully saturated rings. The van der Waals surface area contributed by atoms with Gasteiger partial charge in [-0.2, -0.15) is 0 Å². The summed E-state index contributed by atoms with van der Waals surface area (Å²) in [4.78, 5) is 34.2. The number of piperidine rings is 1. The normalized spacial score (nSPS) is 22.1. The molecule has 3 aliphatic heterocycles. The Bertz CT molecular complexity index is 989. The molecular weight excluding hydrogens is 406 g/mol. The van der Waals surface area contributed by atoms with Gasteiger partial charge in [0, 0.05) is 58.0 Å². The first-order valence-electron chi connectivity index (χ1n) is 11.6. The van der Waals surface area contributed by atoms with E-state index < -0.39 is 11.7 Å². The zero-order chi connectivity index (χ0) is 22.1. The predicted molar refractivity (Wildman–Crippen MR) is 119 cm³/mol. The molecule has 4 heterocycles. The maximum atomic E-state index is 13.1. The van der Waals surface area contributed by atoms with Gasteiger partial charge in [-0.05, 0) is 30.9 Å². The third-order valence-electron chi connectivity index (χ3n) is 7.10. The highest BCUT2D eigenvalue weighted by atomic mass is 16.5. The Labute approximate surface area is 188 Å². The van der Waals surface area contributed by atoms with Crippen LogP contribution in [0.15, 0.2) is 36.7 Å². The summed E-state index contributed by atoms with van der Waals surface area (Å²) in [5.74, 6) is 0.961. The molecule has 1 spiro atoms. The van der Waals surface area contributed by atoms with Crippen molar-refractivity contribution in [3.63, 3.8) is 0 Å². The second-order valence-corrected chi connectivity index (χ2v) is 9.11. The molecule has 1 atom stereocenters. The van der Waals surface area contributed by atoms with Gasteiger partial charge in [0.25, 0.3) is 5.91 Å². The van der Waals surface area contributed by atoms with Crippen molar-refractivity contribution < 1.29 is 14.3 Å². The highest BCUT2D eigenvalue weighted by Gasteiger charge is 2.48. The average molecular weight is 438 g/mol. The quantitative estimate of drug-likeness (QED) is 0.800. The monoisotopic (exact) mass is 437 g/mol. The van der Waals surface area contributed by atoms with Gasteiger partial charge in [-0.3, -0.25) is 4.79 Å². The highest BCUT2D eigenvalue weighted by Crippen LogP contribution is 2.40. The van der Waals surface area contributed by atoms with Crippen LogP contribution in [0.5, 0.6) is 0 Å². The van der Waals surface area contributed by atoms with Gasteiger partial charge in [-0.25, -0.2) is 9.78 Å². The third-order valence-corrected chi connectivity index (χ3v) is 7.10. The fraction of sp³-hybridized carbons (Fsp3) is 0.542. The van der Waals surface area contributed by atoms with Crippen LogP contribution in [-0.2, 0) is 28.2 Å². The first-order chi connectivity index (χ1) is 15.6. The van der Waals surface area contributed by atoms with Crippen LogP contribution in [0, 0.1) is 6.92 Å². The van der Waals surface area contributed by atoms with Gasteiger partial charge in [0.1, 0.15) is 11.4 Å². The van der Waals surface area contributed by atoms with Crippen LogP contribution in [0.3, 0.4) is 0 Å². The topological polar surface area (TPSA) is 79.7 Å². The number of amides is 3. The van der Waals surface area contributed by atoms with Crippen LogP contribution < -0.4 is 5.32 Å². The minimum Gasteiger partial charge on any atom is -0.352 e. The van der Waals surface area contributed by atoms with Crippen molar-refractivity contribution in [3.05, 3.63) is 53.6 Å². The fourth-order valence-electron chi connectivity index (χ4n) is 5.17. The van der Waals surface area contributed by atoms with Crippen LogP contribution in [-0.4, -0.2) is 63.6 Å². The first kappa shape index (κ1) is 21.0. The van der Waals surface area contributed by atoms with Crippen molar-refractivity contribution in [2.45, 2.75) is 57.4 Å². The minimum absolute atomic E-state index is 0.0630. The Morgan fingerprint density at radius 2 is 1.88 bits per heavy atom. The minimum atomic E-state index is -0.616. The number of urea groups is 1. The molecule has 2 aromatic rings. The Hall–Kier alpha value is -2.87. The number of nitrogens with one attached hydrogen (secondary N) is 1. The van der Waals surface area contributed by atoms with Crippen LogP contribution in [0.4, 0.5) is 4.79 Å². The van der Waals surface area contributed by atoms with Crippen LogP contribution in [0.25, 0.3) is 0 Å². The number of nitrogens with zero attached hydrogens (tertiary/aromatic N) is 4. The number of hydrogen-bond acceptors (Lipinski definition) is 4. The number of carbonyl (C=O) groups is 2. The summed E-state index contributed by atoms with van der Waals surface area (Å²) in [5, 5.41) is 3.04. The van der Waals surface area contributed by atoms with Gasteiger partial charge in [-0.1, -0.05) is 24.3 Å². The molecule has 0 saturated carbocycles. The molecule has 2 saturated heterocycles. The maximum absolute atomic E-state index is 13.1. The lowest BCUT2D eigenvalue weighted by Crippen LogP contribution is -2.55. The molecule has 1 unspecified atom stereocenters. The summed E-state index contributed by atoms with van der Waals surface area (Å²) in [5.41, 5.74) is 1.67. The van der Waals surface area contributed by atoms with Gasteiger partial charge in [0.15, 0.2) is 6.10 Å². The summed E-state index contributed by atoms with van der Waals surface area (Å²) in [6, 6.07) is 8.01. The molecule has 1 aromatic carbocycles. The lowest BCUT2D eigenvalue weighted by atomic mass is 9.88. The second-order valence-electron chi connectivity index (χ2n) is 9.11. The first-order valence-corrected chi connectivity index (χ1v) is 11.6. The maximum Gasteiger partial charge on any atom is 0.317 e. The molecular formula is C24H31N5O3. The molecule has 8 nitrogen and oxygen atoms in total. The van der Waals surface area contributed by atoms with E-state index in [0.717, 1.165) is 37.3 Å². The summed E-state index contributed by atoms with van der Waals surface area (Å²) in [6.07, 6.45) is 6.61. The van der Waals surface area contributed by atoms with Gasteiger partial charge in [0.05, 0.1) is 6.54 Å². The van der Waals surface area contributed by atoms with Gasteiger partial charge < -0.3 is 24.4 Å². The van der Waals surface area contributed by atoms with E-state index in [0.29, 0.717) is 39.0 Å². The molecule has 8 heteroatoms. The van der Waals surface area contributed by atoms with Gasteiger partial charge >= 0.3 is 6.03 Å². The van der Waals surface area contributed by atoms with Crippen molar-refractivity contribution >= 4 is 11.9 Å². The fourth-order valence-corrected chi connectivity index (χ4v) is 5.17. The molecule has 5 rings (SSSR count). The lowest BCUT2D eigenvalue weighted by molar-refractivity contribution is -0.179. The largest absolute Gasteiger partial charge is 0.352 e. The number of imidazole rings is 1. The number of ether oxygens (including phenoxy) is 1. The number of hydrogen-bond donors (Lipinski definition) is 1. The Balaban J connectivity index is 1.24.